The Labute approximate surface area is 156 Å². The third kappa shape index (κ3) is 2.92. The molecule has 9 heteroatoms. The average Bonchev–Trinajstić information content (AvgIpc) is 3.30. The second-order valence-electron chi connectivity index (χ2n) is 5.67. The number of hydrogen-bond acceptors (Lipinski definition) is 7. The lowest BCUT2D eigenvalue weighted by molar-refractivity contribution is 0.101. The molecule has 0 atom stereocenters. The van der Waals surface area contributed by atoms with Gasteiger partial charge in [-0.1, -0.05) is 23.1 Å². The van der Waals surface area contributed by atoms with E-state index in [2.05, 4.69) is 20.4 Å². The number of carbonyl (C=O) groups excluding carboxylic acids is 1. The number of hydrogen-bond donors (Lipinski definition) is 1. The summed E-state index contributed by atoms with van der Waals surface area (Å²) in [6.45, 7) is 3.98. The van der Waals surface area contributed by atoms with Crippen LogP contribution in [0.25, 0.3) is 20.4 Å². The van der Waals surface area contributed by atoms with Crippen LogP contribution in [-0.2, 0) is 0 Å². The van der Waals surface area contributed by atoms with Crippen LogP contribution in [0.3, 0.4) is 0 Å². The molecule has 1 aromatic carbocycles. The Morgan fingerprint density at radius 3 is 2.60 bits per heavy atom. The van der Waals surface area contributed by atoms with Crippen LogP contribution in [0.15, 0.2) is 28.7 Å². The predicted molar refractivity (Wildman–Crippen MR) is 105 cm³/mol. The van der Waals surface area contributed by atoms with Crippen molar-refractivity contribution in [2.24, 2.45) is 0 Å². The molecule has 0 radical (unpaired) electrons. The van der Waals surface area contributed by atoms with E-state index in [9.17, 15) is 4.79 Å². The summed E-state index contributed by atoms with van der Waals surface area (Å²) >= 11 is 4.77. The van der Waals surface area contributed by atoms with E-state index in [1.165, 1.54) is 11.3 Å². The first-order valence-electron chi connectivity index (χ1n) is 7.65. The Kier molecular flexibility index (Phi) is 4.22. The number of aromatic nitrogens is 4. The zero-order valence-electron chi connectivity index (χ0n) is 13.8. The van der Waals surface area contributed by atoms with Crippen molar-refractivity contribution in [2.45, 2.75) is 24.2 Å². The molecule has 4 rings (SSSR count). The van der Waals surface area contributed by atoms with Crippen molar-refractivity contribution in [1.82, 2.24) is 19.7 Å². The maximum absolute atomic E-state index is 12.6. The Balaban J connectivity index is 1.70. The molecule has 0 aliphatic rings. The number of amides is 1. The van der Waals surface area contributed by atoms with Gasteiger partial charge >= 0.3 is 0 Å². The molecule has 0 spiro atoms. The summed E-state index contributed by atoms with van der Waals surface area (Å²) in [5.41, 5.74) is 2.38. The highest BCUT2D eigenvalue weighted by Gasteiger charge is 2.17. The van der Waals surface area contributed by atoms with Crippen LogP contribution in [0, 0.1) is 0 Å². The van der Waals surface area contributed by atoms with Crippen molar-refractivity contribution in [3.8, 4) is 0 Å². The van der Waals surface area contributed by atoms with Crippen molar-refractivity contribution < 1.29 is 4.79 Å². The second kappa shape index (κ2) is 6.40. The van der Waals surface area contributed by atoms with E-state index in [0.29, 0.717) is 10.8 Å². The fourth-order valence-corrected chi connectivity index (χ4v) is 5.21. The molecule has 0 aliphatic heterocycles. The molecule has 0 saturated carbocycles. The van der Waals surface area contributed by atoms with E-state index < -0.39 is 0 Å². The van der Waals surface area contributed by atoms with E-state index in [4.69, 9.17) is 0 Å². The molecule has 4 aromatic rings. The Morgan fingerprint density at radius 2 is 1.88 bits per heavy atom. The van der Waals surface area contributed by atoms with Gasteiger partial charge in [-0.25, -0.2) is 9.97 Å². The van der Waals surface area contributed by atoms with Gasteiger partial charge < -0.3 is 0 Å². The van der Waals surface area contributed by atoms with Crippen molar-refractivity contribution in [3.05, 3.63) is 30.1 Å². The molecular weight excluding hydrogens is 374 g/mol. The zero-order chi connectivity index (χ0) is 17.6. The first-order valence-corrected chi connectivity index (χ1v) is 10.5. The minimum atomic E-state index is -0.199. The number of fused-ring (bicyclic) bond motifs is 3. The molecule has 0 aliphatic carbocycles. The van der Waals surface area contributed by atoms with Gasteiger partial charge in [0.05, 0.1) is 20.4 Å². The van der Waals surface area contributed by atoms with Crippen molar-refractivity contribution in [1.29, 1.82) is 0 Å². The van der Waals surface area contributed by atoms with Gasteiger partial charge in [0.2, 0.25) is 0 Å². The van der Waals surface area contributed by atoms with Gasteiger partial charge in [-0.05, 0) is 38.3 Å². The van der Waals surface area contributed by atoms with Crippen LogP contribution in [0.2, 0.25) is 0 Å². The molecule has 0 unspecified atom stereocenters. The Bertz CT molecular complexity index is 1080. The largest absolute Gasteiger partial charge is 0.296 e. The van der Waals surface area contributed by atoms with Crippen LogP contribution in [0.1, 0.15) is 30.4 Å². The molecule has 3 aromatic heterocycles. The SMILES string of the molecule is CSc1nc2ccc3nc(NC(=O)c4ccnn4C(C)C)sc3c2s1. The normalized spacial score (nSPS) is 11.7. The van der Waals surface area contributed by atoms with Crippen LogP contribution < -0.4 is 5.32 Å². The van der Waals surface area contributed by atoms with E-state index in [1.54, 1.807) is 40.0 Å². The van der Waals surface area contributed by atoms with Gasteiger partial charge in [-0.2, -0.15) is 5.10 Å². The van der Waals surface area contributed by atoms with E-state index >= 15 is 0 Å². The summed E-state index contributed by atoms with van der Waals surface area (Å²) in [4.78, 5) is 21.7. The average molecular weight is 390 g/mol. The standard InChI is InChI=1S/C16H15N5OS3/c1-8(2)21-11(6-7-17-21)14(22)20-15-18-9-4-5-10-13(12(9)24-15)25-16(19-10)23-3/h4-8H,1-3H3,(H,18,20,22). The van der Waals surface area contributed by atoms with Crippen LogP contribution in [-0.4, -0.2) is 31.9 Å². The van der Waals surface area contributed by atoms with Crippen molar-refractivity contribution >= 4 is 65.9 Å². The van der Waals surface area contributed by atoms with Crippen molar-refractivity contribution in [2.75, 3.05) is 11.6 Å². The Hall–Kier alpha value is -1.97. The third-order valence-electron chi connectivity index (χ3n) is 3.68. The quantitative estimate of drug-likeness (QED) is 0.514. The second-order valence-corrected chi connectivity index (χ2v) is 8.73. The molecule has 6 nitrogen and oxygen atoms in total. The molecule has 0 bridgehead atoms. The van der Waals surface area contributed by atoms with E-state index in [0.717, 1.165) is 24.8 Å². The van der Waals surface area contributed by atoms with Gasteiger partial charge in [-0.3, -0.25) is 14.8 Å². The first kappa shape index (κ1) is 16.5. The number of benzene rings is 1. The molecule has 3 heterocycles. The van der Waals surface area contributed by atoms with Crippen LogP contribution >= 0.6 is 34.4 Å². The zero-order valence-corrected chi connectivity index (χ0v) is 16.3. The predicted octanol–water partition coefficient (Wildman–Crippen LogP) is 4.66. The lowest BCUT2D eigenvalue weighted by atomic mass is 10.3. The monoisotopic (exact) mass is 389 g/mol. The van der Waals surface area contributed by atoms with Gasteiger partial charge in [0.15, 0.2) is 9.47 Å². The van der Waals surface area contributed by atoms with E-state index in [1.807, 2.05) is 32.2 Å². The fourth-order valence-electron chi connectivity index (χ4n) is 2.56. The molecular formula is C16H15N5OS3. The maximum atomic E-state index is 12.6. The fraction of sp³-hybridized carbons (Fsp3) is 0.250. The third-order valence-corrected chi connectivity index (χ3v) is 6.89. The summed E-state index contributed by atoms with van der Waals surface area (Å²) in [7, 11) is 0. The smallest absolute Gasteiger partial charge is 0.275 e. The van der Waals surface area contributed by atoms with Gasteiger partial charge in [0, 0.05) is 12.2 Å². The number of anilines is 1. The number of thiazole rings is 2. The van der Waals surface area contributed by atoms with Gasteiger partial charge in [0.25, 0.3) is 5.91 Å². The lowest BCUT2D eigenvalue weighted by Gasteiger charge is -2.09. The number of rotatable bonds is 4. The lowest BCUT2D eigenvalue weighted by Crippen LogP contribution is -2.18. The number of carbonyl (C=O) groups is 1. The molecule has 0 saturated heterocycles. The van der Waals surface area contributed by atoms with E-state index in [-0.39, 0.29) is 11.9 Å². The van der Waals surface area contributed by atoms with Crippen molar-refractivity contribution in [3.63, 3.8) is 0 Å². The molecule has 128 valence electrons. The molecule has 25 heavy (non-hydrogen) atoms. The van der Waals surface area contributed by atoms with Crippen LogP contribution in [0.4, 0.5) is 5.13 Å². The number of thioether (sulfide) groups is 1. The highest BCUT2D eigenvalue weighted by Crippen LogP contribution is 2.38. The highest BCUT2D eigenvalue weighted by molar-refractivity contribution is 8.00. The Morgan fingerprint density at radius 1 is 1.16 bits per heavy atom. The summed E-state index contributed by atoms with van der Waals surface area (Å²) < 4.78 is 4.91. The topological polar surface area (TPSA) is 72.7 Å². The summed E-state index contributed by atoms with van der Waals surface area (Å²) in [5, 5.41) is 7.69. The van der Waals surface area contributed by atoms with Gasteiger partial charge in [-0.15, -0.1) is 11.3 Å². The first-order chi connectivity index (χ1) is 12.1. The molecule has 0 fully saturated rings. The summed E-state index contributed by atoms with van der Waals surface area (Å²) in [5.74, 6) is -0.199. The minimum Gasteiger partial charge on any atom is -0.296 e. The van der Waals surface area contributed by atoms with Crippen LogP contribution in [0.5, 0.6) is 0 Å². The molecule has 1 amide bonds. The summed E-state index contributed by atoms with van der Waals surface area (Å²) in [6, 6.07) is 5.77. The summed E-state index contributed by atoms with van der Waals surface area (Å²) in [6.07, 6.45) is 3.66. The number of nitrogens with zero attached hydrogens (tertiary/aromatic N) is 4. The van der Waals surface area contributed by atoms with Gasteiger partial charge in [0.1, 0.15) is 5.69 Å². The number of nitrogens with one attached hydrogen (secondary N) is 1. The maximum Gasteiger partial charge on any atom is 0.275 e. The minimum absolute atomic E-state index is 0.118. The highest BCUT2D eigenvalue weighted by atomic mass is 32.2. The molecule has 1 N–H and O–H groups in total.